The first-order valence-corrected chi connectivity index (χ1v) is 14.0. The molecule has 0 heterocycles. The molecule has 0 aromatic heterocycles. The summed E-state index contributed by atoms with van der Waals surface area (Å²) in [6.07, 6.45) is 6.10. The number of rotatable bonds is 8. The summed E-state index contributed by atoms with van der Waals surface area (Å²) in [5.74, 6) is 0. The Labute approximate surface area is 115 Å². The number of hydrogen-bond acceptors (Lipinski definition) is 1. The molecule has 0 aliphatic heterocycles. The molecule has 0 saturated heterocycles. The summed E-state index contributed by atoms with van der Waals surface area (Å²) in [4.78, 5) is 0. The Hall–Kier alpha value is -0.801. The van der Waals surface area contributed by atoms with Gasteiger partial charge < -0.3 is 0 Å². The van der Waals surface area contributed by atoms with Gasteiger partial charge in [0, 0.05) is 0 Å². The van der Waals surface area contributed by atoms with Crippen molar-refractivity contribution in [3.05, 3.63) is 73.9 Å². The van der Waals surface area contributed by atoms with E-state index in [0.717, 1.165) is 13.3 Å². The average Bonchev–Trinajstić information content (AvgIpc) is 2.39. The van der Waals surface area contributed by atoms with Crippen LogP contribution in [0.4, 0.5) is 0 Å². The molecule has 96 valence electrons. The van der Waals surface area contributed by atoms with Gasteiger partial charge in [0.25, 0.3) is 0 Å². The molecule has 1 unspecified atom stereocenters. The maximum atomic E-state index is 6.58. The average molecular weight is 348 g/mol. The van der Waals surface area contributed by atoms with Gasteiger partial charge in [-0.1, -0.05) is 0 Å². The zero-order valence-corrected chi connectivity index (χ0v) is 13.9. The van der Waals surface area contributed by atoms with Crippen molar-refractivity contribution in [3.8, 4) is 0 Å². The topological polar surface area (TPSA) is 26.0 Å². The predicted molar refractivity (Wildman–Crippen MR) is 84.1 cm³/mol. The predicted octanol–water partition coefficient (Wildman–Crippen LogP) is 4.23. The molecular formula is C16H23NSn. The first kappa shape index (κ1) is 15.3. The molecule has 2 N–H and O–H groups in total. The molecule has 1 aromatic carbocycles. The van der Waals surface area contributed by atoms with Crippen LogP contribution in [0.5, 0.6) is 0 Å². The van der Waals surface area contributed by atoms with Gasteiger partial charge in [-0.2, -0.15) is 0 Å². The van der Waals surface area contributed by atoms with Crippen LogP contribution in [0.3, 0.4) is 0 Å². The van der Waals surface area contributed by atoms with Gasteiger partial charge in [-0.25, -0.2) is 0 Å². The van der Waals surface area contributed by atoms with E-state index in [4.69, 9.17) is 5.73 Å². The van der Waals surface area contributed by atoms with Crippen molar-refractivity contribution in [1.82, 2.24) is 0 Å². The number of hydrogen-bond donors (Lipinski definition) is 1. The number of allylic oxidation sites excluding steroid dienone is 3. The molecule has 0 aliphatic rings. The summed E-state index contributed by atoms with van der Waals surface area (Å²) in [6.45, 7) is 11.7. The molecule has 0 bridgehead atoms. The van der Waals surface area contributed by atoms with Crippen LogP contribution in [0.2, 0.25) is 13.3 Å². The molecule has 0 spiro atoms. The van der Waals surface area contributed by atoms with Gasteiger partial charge in [0.1, 0.15) is 0 Å². The van der Waals surface area contributed by atoms with Gasteiger partial charge in [0.05, 0.1) is 0 Å². The Kier molecular flexibility index (Phi) is 6.44. The molecule has 0 amide bonds. The molecule has 1 nitrogen and oxygen atoms in total. The van der Waals surface area contributed by atoms with Crippen molar-refractivity contribution in [2.45, 2.75) is 17.4 Å². The third-order valence-corrected chi connectivity index (χ3v) is 17.6. The molecule has 0 aliphatic carbocycles. The quantitative estimate of drug-likeness (QED) is 0.552. The van der Waals surface area contributed by atoms with Crippen LogP contribution >= 0.6 is 0 Å². The molecule has 0 radical (unpaired) electrons. The summed E-state index contributed by atoms with van der Waals surface area (Å²) in [7, 11) is 0. The first-order valence-electron chi connectivity index (χ1n) is 6.33. The summed E-state index contributed by atoms with van der Waals surface area (Å²) in [5, 5.41) is 0. The molecule has 1 rings (SSSR count). The second kappa shape index (κ2) is 7.59. The van der Waals surface area contributed by atoms with Crippen molar-refractivity contribution < 1.29 is 0 Å². The fourth-order valence-electron chi connectivity index (χ4n) is 2.51. The molecule has 0 fully saturated rings. The SMILES string of the molecule is C=C[CH2][Sn]([CH2]C=C)([CH2]C=C)[CH](N)c1ccccc1. The van der Waals surface area contributed by atoms with Crippen LogP contribution in [0.15, 0.2) is 68.3 Å². The fourth-order valence-corrected chi connectivity index (χ4v) is 13.6. The van der Waals surface area contributed by atoms with Crippen molar-refractivity contribution in [3.63, 3.8) is 0 Å². The Balaban J connectivity index is 3.10. The Morgan fingerprint density at radius 1 is 0.944 bits per heavy atom. The van der Waals surface area contributed by atoms with Crippen molar-refractivity contribution >= 4 is 18.4 Å². The van der Waals surface area contributed by atoms with Crippen molar-refractivity contribution in [1.29, 1.82) is 0 Å². The molecular weight excluding hydrogens is 325 g/mol. The van der Waals surface area contributed by atoms with Gasteiger partial charge in [-0.15, -0.1) is 0 Å². The zero-order chi connectivity index (χ0) is 13.4. The monoisotopic (exact) mass is 349 g/mol. The summed E-state index contributed by atoms with van der Waals surface area (Å²) in [5.41, 5.74) is 7.83. The molecule has 1 aromatic rings. The minimum atomic E-state index is -2.56. The second-order valence-electron chi connectivity index (χ2n) is 4.73. The van der Waals surface area contributed by atoms with E-state index < -0.39 is 18.4 Å². The van der Waals surface area contributed by atoms with Crippen LogP contribution < -0.4 is 5.73 Å². The Bertz CT molecular complexity index is 370. The zero-order valence-electron chi connectivity index (χ0n) is 11.0. The van der Waals surface area contributed by atoms with E-state index in [2.05, 4.69) is 44.0 Å². The van der Waals surface area contributed by atoms with E-state index in [-0.39, 0.29) is 4.06 Å². The standard InChI is InChI=1S/C7H8N.3C3H5.Sn/c8-6-7-4-2-1-3-5-7;3*1-3-2;/h1-6H,8H2;3*3H,1-2H2;. The van der Waals surface area contributed by atoms with E-state index in [1.54, 1.807) is 0 Å². The Morgan fingerprint density at radius 2 is 1.39 bits per heavy atom. The molecule has 2 heteroatoms. The molecule has 18 heavy (non-hydrogen) atoms. The van der Waals surface area contributed by atoms with Crippen LogP contribution in [-0.4, -0.2) is 18.4 Å². The summed E-state index contributed by atoms with van der Waals surface area (Å²) in [6, 6.07) is 10.4. The third kappa shape index (κ3) is 3.59. The number of nitrogens with two attached hydrogens (primary N) is 1. The van der Waals surface area contributed by atoms with E-state index in [0.29, 0.717) is 0 Å². The van der Waals surface area contributed by atoms with Gasteiger partial charge in [-0.3, -0.25) is 0 Å². The van der Waals surface area contributed by atoms with E-state index in [1.165, 1.54) is 5.56 Å². The third-order valence-electron chi connectivity index (χ3n) is 3.47. The van der Waals surface area contributed by atoms with Crippen molar-refractivity contribution in [2.24, 2.45) is 5.73 Å². The van der Waals surface area contributed by atoms with Crippen molar-refractivity contribution in [2.75, 3.05) is 0 Å². The van der Waals surface area contributed by atoms with Crippen LogP contribution in [-0.2, 0) is 0 Å². The summed E-state index contributed by atoms with van der Waals surface area (Å²) >= 11 is -2.56. The molecule has 1 atom stereocenters. The maximum absolute atomic E-state index is 6.58. The van der Waals surface area contributed by atoms with Gasteiger partial charge >= 0.3 is 115 Å². The van der Waals surface area contributed by atoms with Gasteiger partial charge in [0.15, 0.2) is 0 Å². The second-order valence-corrected chi connectivity index (χ2v) is 17.8. The van der Waals surface area contributed by atoms with Gasteiger partial charge in [0.2, 0.25) is 0 Å². The fraction of sp³-hybridized carbons (Fsp3) is 0.250. The van der Waals surface area contributed by atoms with E-state index in [1.807, 2.05) is 24.3 Å². The van der Waals surface area contributed by atoms with E-state index in [9.17, 15) is 0 Å². The van der Waals surface area contributed by atoms with E-state index >= 15 is 0 Å². The summed E-state index contributed by atoms with van der Waals surface area (Å²) < 4.78 is 3.39. The van der Waals surface area contributed by atoms with Crippen LogP contribution in [0, 0.1) is 0 Å². The van der Waals surface area contributed by atoms with Gasteiger partial charge in [-0.05, 0) is 0 Å². The van der Waals surface area contributed by atoms with Crippen LogP contribution in [0.25, 0.3) is 0 Å². The number of benzene rings is 1. The Morgan fingerprint density at radius 3 is 1.78 bits per heavy atom. The van der Waals surface area contributed by atoms with Crippen LogP contribution in [0.1, 0.15) is 9.62 Å². The first-order chi connectivity index (χ1) is 8.70. The molecule has 0 saturated carbocycles. The normalized spacial score (nSPS) is 12.7. The minimum absolute atomic E-state index is 0.175.